The predicted molar refractivity (Wildman–Crippen MR) is 39.0 cm³/mol. The van der Waals surface area contributed by atoms with Crippen LogP contribution in [0.25, 0.3) is 0 Å². The van der Waals surface area contributed by atoms with Crippen LogP contribution in [-0.4, -0.2) is 44.3 Å². The van der Waals surface area contributed by atoms with E-state index in [9.17, 15) is 4.79 Å². The maximum Gasteiger partial charge on any atom is 0.426 e. The molecule has 0 saturated carbocycles. The molecular formula is C6H12N2O4. The van der Waals surface area contributed by atoms with Crippen LogP contribution >= 0.6 is 0 Å². The lowest BCUT2D eigenvalue weighted by Gasteiger charge is -2.23. The number of carbonyl (C=O) groups is 1. The summed E-state index contributed by atoms with van der Waals surface area (Å²) in [7, 11) is 1.39. The molecule has 6 nitrogen and oxygen atoms in total. The molecule has 1 rings (SSSR count). The Morgan fingerprint density at radius 2 is 2.42 bits per heavy atom. The van der Waals surface area contributed by atoms with Gasteiger partial charge in [-0.1, -0.05) is 0 Å². The largest absolute Gasteiger partial charge is 0.426 e. The molecule has 0 spiro atoms. The van der Waals surface area contributed by atoms with Gasteiger partial charge in [0, 0.05) is 7.05 Å². The molecule has 1 aliphatic rings. The van der Waals surface area contributed by atoms with Gasteiger partial charge in [0.05, 0.1) is 13.2 Å². The predicted octanol–water partition coefficient (Wildman–Crippen LogP) is -0.699. The van der Waals surface area contributed by atoms with Gasteiger partial charge in [0.1, 0.15) is 6.61 Å². The molecule has 1 heterocycles. The van der Waals surface area contributed by atoms with E-state index in [1.165, 1.54) is 7.05 Å². The lowest BCUT2D eigenvalue weighted by atomic mass is 10.6. The van der Waals surface area contributed by atoms with Gasteiger partial charge in [0.15, 0.2) is 0 Å². The molecule has 0 aliphatic carbocycles. The summed E-state index contributed by atoms with van der Waals surface area (Å²) in [5.74, 6) is 5.12. The second-order valence-corrected chi connectivity index (χ2v) is 2.37. The lowest BCUT2D eigenvalue weighted by molar-refractivity contribution is -0.188. The molecule has 12 heavy (non-hydrogen) atoms. The van der Waals surface area contributed by atoms with Crippen molar-refractivity contribution in [3.63, 3.8) is 0 Å². The summed E-state index contributed by atoms with van der Waals surface area (Å²) >= 11 is 0. The SMILES string of the molecule is CN(N)C(=O)OC1COCCO1. The Balaban J connectivity index is 2.24. The minimum atomic E-state index is -0.634. The normalized spacial score (nSPS) is 23.3. The molecule has 0 aromatic rings. The van der Waals surface area contributed by atoms with E-state index in [1.807, 2.05) is 0 Å². The third kappa shape index (κ3) is 2.65. The standard InChI is InChI=1S/C6H12N2O4/c1-8(7)6(9)12-5-4-10-2-3-11-5/h5H,2-4,7H2,1H3. The van der Waals surface area contributed by atoms with Crippen molar-refractivity contribution < 1.29 is 19.0 Å². The number of rotatable bonds is 1. The van der Waals surface area contributed by atoms with E-state index in [4.69, 9.17) is 20.1 Å². The molecule has 1 fully saturated rings. The fraction of sp³-hybridized carbons (Fsp3) is 0.833. The van der Waals surface area contributed by atoms with Crippen LogP contribution in [0, 0.1) is 0 Å². The van der Waals surface area contributed by atoms with Gasteiger partial charge in [0.25, 0.3) is 0 Å². The number of hydrogen-bond acceptors (Lipinski definition) is 5. The Morgan fingerprint density at radius 1 is 1.67 bits per heavy atom. The van der Waals surface area contributed by atoms with E-state index in [-0.39, 0.29) is 6.61 Å². The highest BCUT2D eigenvalue weighted by atomic mass is 16.7. The molecule has 1 unspecified atom stereocenters. The van der Waals surface area contributed by atoms with Crippen molar-refractivity contribution in [1.82, 2.24) is 5.01 Å². The summed E-state index contributed by atoms with van der Waals surface area (Å²) in [5, 5.41) is 0.845. The van der Waals surface area contributed by atoms with Crippen LogP contribution in [0.15, 0.2) is 0 Å². The topological polar surface area (TPSA) is 74.0 Å². The summed E-state index contributed by atoms with van der Waals surface area (Å²) in [6, 6.07) is 0. The Bertz CT molecular complexity index is 156. The number of ether oxygens (including phenoxy) is 3. The molecule has 1 amide bonds. The van der Waals surface area contributed by atoms with E-state index < -0.39 is 12.4 Å². The number of hydrazine groups is 1. The summed E-state index contributed by atoms with van der Waals surface area (Å²) in [6.45, 7) is 1.23. The summed E-state index contributed by atoms with van der Waals surface area (Å²) in [4.78, 5) is 10.9. The van der Waals surface area contributed by atoms with Crippen molar-refractivity contribution in [3.8, 4) is 0 Å². The molecule has 6 heteroatoms. The average Bonchev–Trinajstić information content (AvgIpc) is 2.06. The van der Waals surface area contributed by atoms with Crippen LogP contribution in [0.4, 0.5) is 4.79 Å². The van der Waals surface area contributed by atoms with Crippen molar-refractivity contribution >= 4 is 6.09 Å². The van der Waals surface area contributed by atoms with Gasteiger partial charge in [-0.05, 0) is 0 Å². The molecule has 0 radical (unpaired) electrons. The van der Waals surface area contributed by atoms with Gasteiger partial charge < -0.3 is 14.2 Å². The molecule has 1 saturated heterocycles. The third-order valence-corrected chi connectivity index (χ3v) is 1.31. The quantitative estimate of drug-likeness (QED) is 0.325. The highest BCUT2D eigenvalue weighted by Gasteiger charge is 2.19. The van der Waals surface area contributed by atoms with E-state index in [0.717, 1.165) is 5.01 Å². The van der Waals surface area contributed by atoms with Crippen LogP contribution in [0.2, 0.25) is 0 Å². The highest BCUT2D eigenvalue weighted by molar-refractivity contribution is 5.66. The maximum atomic E-state index is 10.9. The van der Waals surface area contributed by atoms with Crippen LogP contribution in [0.3, 0.4) is 0 Å². The van der Waals surface area contributed by atoms with Crippen molar-refractivity contribution in [2.45, 2.75) is 6.29 Å². The molecule has 0 aromatic carbocycles. The zero-order valence-electron chi connectivity index (χ0n) is 6.86. The summed E-state index contributed by atoms with van der Waals surface area (Å²) < 4.78 is 14.8. The molecule has 1 aliphatic heterocycles. The van der Waals surface area contributed by atoms with Crippen LogP contribution < -0.4 is 5.84 Å². The van der Waals surface area contributed by atoms with Gasteiger partial charge in [-0.2, -0.15) is 0 Å². The lowest BCUT2D eigenvalue weighted by Crippen LogP contribution is -2.40. The zero-order valence-corrected chi connectivity index (χ0v) is 6.86. The van der Waals surface area contributed by atoms with Crippen molar-refractivity contribution in [3.05, 3.63) is 0 Å². The molecule has 1 atom stereocenters. The number of amides is 1. The Kier molecular flexibility index (Phi) is 3.27. The molecular weight excluding hydrogens is 164 g/mol. The van der Waals surface area contributed by atoms with Gasteiger partial charge in [0.2, 0.25) is 6.29 Å². The van der Waals surface area contributed by atoms with Crippen LogP contribution in [-0.2, 0) is 14.2 Å². The number of nitrogens with two attached hydrogens (primary N) is 1. The second-order valence-electron chi connectivity index (χ2n) is 2.37. The van der Waals surface area contributed by atoms with Crippen LogP contribution in [0.5, 0.6) is 0 Å². The van der Waals surface area contributed by atoms with E-state index >= 15 is 0 Å². The fourth-order valence-corrected chi connectivity index (χ4v) is 0.730. The van der Waals surface area contributed by atoms with Gasteiger partial charge >= 0.3 is 6.09 Å². The summed E-state index contributed by atoms with van der Waals surface area (Å²) in [6.07, 6.45) is -1.26. The Morgan fingerprint density at radius 3 is 2.92 bits per heavy atom. The molecule has 0 aromatic heterocycles. The van der Waals surface area contributed by atoms with Crippen molar-refractivity contribution in [1.29, 1.82) is 0 Å². The van der Waals surface area contributed by atoms with E-state index in [0.29, 0.717) is 13.2 Å². The molecule has 0 bridgehead atoms. The highest BCUT2D eigenvalue weighted by Crippen LogP contribution is 2.03. The minimum Gasteiger partial charge on any atom is -0.416 e. The van der Waals surface area contributed by atoms with E-state index in [1.54, 1.807) is 0 Å². The molecule has 70 valence electrons. The monoisotopic (exact) mass is 176 g/mol. The minimum absolute atomic E-state index is 0.263. The smallest absolute Gasteiger partial charge is 0.416 e. The van der Waals surface area contributed by atoms with Crippen molar-refractivity contribution in [2.24, 2.45) is 5.84 Å². The van der Waals surface area contributed by atoms with Gasteiger partial charge in [-0.25, -0.2) is 15.6 Å². The summed E-state index contributed by atoms with van der Waals surface area (Å²) in [5.41, 5.74) is 0. The van der Waals surface area contributed by atoms with E-state index in [2.05, 4.69) is 0 Å². The van der Waals surface area contributed by atoms with Crippen LogP contribution in [0.1, 0.15) is 0 Å². The van der Waals surface area contributed by atoms with Gasteiger partial charge in [-0.15, -0.1) is 0 Å². The fourth-order valence-electron chi connectivity index (χ4n) is 0.730. The third-order valence-electron chi connectivity index (χ3n) is 1.31. The second kappa shape index (κ2) is 4.24. The van der Waals surface area contributed by atoms with Gasteiger partial charge in [-0.3, -0.25) is 0 Å². The maximum absolute atomic E-state index is 10.9. The molecule has 2 N–H and O–H groups in total. The number of hydrogen-bond donors (Lipinski definition) is 1. The number of nitrogens with zero attached hydrogens (tertiary/aromatic N) is 1. The number of carbonyl (C=O) groups excluding carboxylic acids is 1. The first-order valence-electron chi connectivity index (χ1n) is 3.58. The zero-order chi connectivity index (χ0) is 8.97. The first kappa shape index (κ1) is 9.24. The Hall–Kier alpha value is -0.850. The first-order valence-corrected chi connectivity index (χ1v) is 3.58. The average molecular weight is 176 g/mol. The first-order chi connectivity index (χ1) is 5.70. The van der Waals surface area contributed by atoms with Crippen molar-refractivity contribution in [2.75, 3.05) is 26.9 Å². The Labute approximate surface area is 70.1 Å².